The Bertz CT molecular complexity index is 966. The normalized spacial score (nSPS) is 11.7. The predicted molar refractivity (Wildman–Crippen MR) is 121 cm³/mol. The number of aromatic hydroxyl groups is 1. The summed E-state index contributed by atoms with van der Waals surface area (Å²) in [5.74, 6) is 0.241. The molecule has 144 valence electrons. The first-order chi connectivity index (χ1) is 13.5. The van der Waals surface area contributed by atoms with E-state index in [1.54, 1.807) is 24.3 Å². The van der Waals surface area contributed by atoms with Crippen molar-refractivity contribution in [1.29, 1.82) is 0 Å². The van der Waals surface area contributed by atoms with Gasteiger partial charge in [-0.1, -0.05) is 71.7 Å². The molecule has 0 aromatic heterocycles. The fraction of sp³-hybridized carbons (Fsp3) is 0.136. The van der Waals surface area contributed by atoms with Crippen LogP contribution in [0.4, 0.5) is 5.69 Å². The van der Waals surface area contributed by atoms with Crippen LogP contribution in [-0.2, 0) is 6.54 Å². The molecule has 0 saturated carbocycles. The molecule has 0 radical (unpaired) electrons. The number of nitrogens with one attached hydrogen (secondary N) is 1. The minimum absolute atomic E-state index is 0.149. The van der Waals surface area contributed by atoms with Gasteiger partial charge in [-0.05, 0) is 49.0 Å². The van der Waals surface area contributed by atoms with Gasteiger partial charge in [-0.3, -0.25) is 0 Å². The van der Waals surface area contributed by atoms with Crippen LogP contribution >= 0.6 is 35.4 Å². The zero-order valence-corrected chi connectivity index (χ0v) is 17.6. The second-order valence-electron chi connectivity index (χ2n) is 6.41. The molecule has 3 nitrogen and oxygen atoms in total. The number of rotatable bonds is 5. The molecule has 0 aliphatic carbocycles. The molecule has 28 heavy (non-hydrogen) atoms. The largest absolute Gasteiger partial charge is 0.508 e. The van der Waals surface area contributed by atoms with Crippen molar-refractivity contribution in [3.63, 3.8) is 0 Å². The first kappa shape index (κ1) is 20.5. The van der Waals surface area contributed by atoms with Crippen molar-refractivity contribution < 1.29 is 5.11 Å². The van der Waals surface area contributed by atoms with Crippen LogP contribution in [-0.4, -0.2) is 15.1 Å². The molecule has 0 aliphatic rings. The van der Waals surface area contributed by atoms with E-state index in [0.717, 1.165) is 16.8 Å². The number of thiocarbonyl (C=S) groups is 1. The number of benzene rings is 3. The third kappa shape index (κ3) is 4.96. The molecular formula is C22H20Cl2N2OS. The van der Waals surface area contributed by atoms with Gasteiger partial charge in [0.05, 0.1) is 16.1 Å². The standard InChI is InChI=1S/C22H20Cl2N2OS/c1-15(18-9-5-6-10-21(18)27)26(14-16-7-3-2-4-8-16)22(28)25-17-11-12-19(23)20(24)13-17/h2-13,15,27H,14H2,1H3,(H,25,28)/t15-/m0/s1. The second-order valence-corrected chi connectivity index (χ2v) is 7.61. The number of hydrogen-bond donors (Lipinski definition) is 2. The lowest BCUT2D eigenvalue weighted by atomic mass is 10.1. The van der Waals surface area contributed by atoms with Gasteiger partial charge < -0.3 is 15.3 Å². The van der Waals surface area contributed by atoms with Crippen LogP contribution in [0.25, 0.3) is 0 Å². The number of phenols is 1. The molecule has 0 heterocycles. The molecule has 0 bridgehead atoms. The van der Waals surface area contributed by atoms with Crippen molar-refractivity contribution in [2.45, 2.75) is 19.5 Å². The van der Waals surface area contributed by atoms with Gasteiger partial charge in [0, 0.05) is 17.8 Å². The average Bonchev–Trinajstić information content (AvgIpc) is 2.69. The molecule has 0 unspecified atom stereocenters. The topological polar surface area (TPSA) is 35.5 Å². The number of nitrogens with zero attached hydrogens (tertiary/aromatic N) is 1. The number of anilines is 1. The number of para-hydroxylation sites is 1. The first-order valence-electron chi connectivity index (χ1n) is 8.80. The van der Waals surface area contributed by atoms with E-state index in [1.807, 2.05) is 60.4 Å². The summed E-state index contributed by atoms with van der Waals surface area (Å²) in [6, 6.07) is 22.5. The second kappa shape index (κ2) is 9.28. The van der Waals surface area contributed by atoms with E-state index in [2.05, 4.69) is 5.32 Å². The zero-order valence-electron chi connectivity index (χ0n) is 15.3. The molecule has 1 atom stereocenters. The molecule has 0 fully saturated rings. The molecule has 6 heteroatoms. The van der Waals surface area contributed by atoms with Crippen molar-refractivity contribution in [3.05, 3.63) is 94.0 Å². The molecule has 0 saturated heterocycles. The van der Waals surface area contributed by atoms with Gasteiger partial charge in [0.15, 0.2) is 5.11 Å². The Morgan fingerprint density at radius 2 is 1.68 bits per heavy atom. The monoisotopic (exact) mass is 430 g/mol. The number of phenolic OH excluding ortho intramolecular Hbond substituents is 1. The van der Waals surface area contributed by atoms with Gasteiger partial charge in [-0.25, -0.2) is 0 Å². The van der Waals surface area contributed by atoms with Crippen LogP contribution in [0.2, 0.25) is 10.0 Å². The summed E-state index contributed by atoms with van der Waals surface area (Å²) in [5.41, 5.74) is 2.67. The lowest BCUT2D eigenvalue weighted by molar-refractivity contribution is 0.324. The fourth-order valence-corrected chi connectivity index (χ4v) is 3.58. The van der Waals surface area contributed by atoms with E-state index < -0.39 is 0 Å². The van der Waals surface area contributed by atoms with E-state index in [0.29, 0.717) is 21.7 Å². The van der Waals surface area contributed by atoms with E-state index in [9.17, 15) is 5.11 Å². The Labute approximate surface area is 180 Å². The third-order valence-electron chi connectivity index (χ3n) is 4.48. The van der Waals surface area contributed by atoms with E-state index in [4.69, 9.17) is 35.4 Å². The van der Waals surface area contributed by atoms with Crippen molar-refractivity contribution in [2.75, 3.05) is 5.32 Å². The average molecular weight is 431 g/mol. The maximum Gasteiger partial charge on any atom is 0.174 e. The molecule has 3 aromatic carbocycles. The zero-order chi connectivity index (χ0) is 20.1. The summed E-state index contributed by atoms with van der Waals surface area (Å²) in [4.78, 5) is 2.03. The van der Waals surface area contributed by atoms with Gasteiger partial charge in [0.25, 0.3) is 0 Å². The van der Waals surface area contributed by atoms with Crippen molar-refractivity contribution in [1.82, 2.24) is 4.90 Å². The van der Waals surface area contributed by atoms with E-state index >= 15 is 0 Å². The fourth-order valence-electron chi connectivity index (χ4n) is 2.94. The number of halogens is 2. The Morgan fingerprint density at radius 3 is 2.36 bits per heavy atom. The summed E-state index contributed by atoms with van der Waals surface area (Å²) >= 11 is 17.8. The highest BCUT2D eigenvalue weighted by molar-refractivity contribution is 7.80. The Morgan fingerprint density at radius 1 is 1.00 bits per heavy atom. The summed E-state index contributed by atoms with van der Waals surface area (Å²) < 4.78 is 0. The molecule has 2 N–H and O–H groups in total. The van der Waals surface area contributed by atoms with Crippen LogP contribution < -0.4 is 5.32 Å². The van der Waals surface area contributed by atoms with Crippen molar-refractivity contribution in [2.24, 2.45) is 0 Å². The maximum atomic E-state index is 10.3. The van der Waals surface area contributed by atoms with E-state index in [-0.39, 0.29) is 11.8 Å². The Balaban J connectivity index is 1.89. The minimum Gasteiger partial charge on any atom is -0.508 e. The molecule has 0 spiro atoms. The first-order valence-corrected chi connectivity index (χ1v) is 9.96. The van der Waals surface area contributed by atoms with Crippen LogP contribution in [0.1, 0.15) is 24.1 Å². The van der Waals surface area contributed by atoms with Gasteiger partial charge in [-0.15, -0.1) is 0 Å². The van der Waals surface area contributed by atoms with Gasteiger partial charge in [-0.2, -0.15) is 0 Å². The van der Waals surface area contributed by atoms with E-state index in [1.165, 1.54) is 0 Å². The summed E-state index contributed by atoms with van der Waals surface area (Å²) in [6.07, 6.45) is 0. The van der Waals surface area contributed by atoms with Crippen molar-refractivity contribution >= 4 is 46.2 Å². The molecule has 0 amide bonds. The van der Waals surface area contributed by atoms with Crippen LogP contribution in [0, 0.1) is 0 Å². The molecule has 0 aliphatic heterocycles. The highest BCUT2D eigenvalue weighted by atomic mass is 35.5. The maximum absolute atomic E-state index is 10.3. The Kier molecular flexibility index (Phi) is 6.79. The summed E-state index contributed by atoms with van der Waals surface area (Å²) in [6.45, 7) is 2.60. The number of hydrogen-bond acceptors (Lipinski definition) is 2. The summed E-state index contributed by atoms with van der Waals surface area (Å²) in [5, 5.41) is 15.0. The summed E-state index contributed by atoms with van der Waals surface area (Å²) in [7, 11) is 0. The minimum atomic E-state index is -0.149. The van der Waals surface area contributed by atoms with Gasteiger partial charge in [0.2, 0.25) is 0 Å². The van der Waals surface area contributed by atoms with Gasteiger partial charge in [0.1, 0.15) is 5.75 Å². The highest BCUT2D eigenvalue weighted by Crippen LogP contribution is 2.31. The SMILES string of the molecule is C[C@@H](c1ccccc1O)N(Cc1ccccc1)C(=S)Nc1ccc(Cl)c(Cl)c1. The molecule has 3 aromatic rings. The highest BCUT2D eigenvalue weighted by Gasteiger charge is 2.21. The van der Waals surface area contributed by atoms with Gasteiger partial charge >= 0.3 is 0 Å². The Hall–Kier alpha value is -2.27. The quantitative estimate of drug-likeness (QED) is 0.443. The predicted octanol–water partition coefficient (Wildman–Crippen LogP) is 6.66. The lowest BCUT2D eigenvalue weighted by Gasteiger charge is -2.32. The van der Waals surface area contributed by atoms with Crippen molar-refractivity contribution in [3.8, 4) is 5.75 Å². The molecule has 3 rings (SSSR count). The smallest absolute Gasteiger partial charge is 0.174 e. The van der Waals surface area contributed by atoms with Crippen LogP contribution in [0.5, 0.6) is 5.75 Å². The third-order valence-corrected chi connectivity index (χ3v) is 5.56. The van der Waals surface area contributed by atoms with Crippen LogP contribution in [0.15, 0.2) is 72.8 Å². The van der Waals surface area contributed by atoms with Crippen LogP contribution in [0.3, 0.4) is 0 Å². The lowest BCUT2D eigenvalue weighted by Crippen LogP contribution is -2.36. The molecular weight excluding hydrogens is 411 g/mol.